The third-order valence-corrected chi connectivity index (χ3v) is 7.81. The van der Waals surface area contributed by atoms with Crippen molar-refractivity contribution in [1.29, 1.82) is 0 Å². The number of hydrogen-bond donors (Lipinski definition) is 3. The predicted molar refractivity (Wildman–Crippen MR) is 175 cm³/mol. The maximum absolute atomic E-state index is 12.1. The Kier molecular flexibility index (Phi) is 30.7. The lowest BCUT2D eigenvalue weighted by atomic mass is 9.98. The lowest BCUT2D eigenvalue weighted by molar-refractivity contribution is -0.121. The summed E-state index contributed by atoms with van der Waals surface area (Å²) in [5.41, 5.74) is 4.99. The Hall–Kier alpha value is -1.07. The van der Waals surface area contributed by atoms with Crippen LogP contribution in [0.2, 0.25) is 0 Å². The van der Waals surface area contributed by atoms with Gasteiger partial charge in [0.05, 0.1) is 0 Å². The highest BCUT2D eigenvalue weighted by Gasteiger charge is 2.17. The number of unbranched alkanes of at least 4 members (excludes halogenated alkanes) is 10. The van der Waals surface area contributed by atoms with Crippen LogP contribution in [0.25, 0.3) is 0 Å². The summed E-state index contributed by atoms with van der Waals surface area (Å²) in [5, 5.41) is 6.77. The van der Waals surface area contributed by atoms with Gasteiger partial charge < -0.3 is 21.3 Å². The highest BCUT2D eigenvalue weighted by Crippen LogP contribution is 2.14. The molecule has 0 aliphatic heterocycles. The maximum Gasteiger partial charge on any atom is 0.220 e. The minimum atomic E-state index is -0.0397. The van der Waals surface area contributed by atoms with Crippen LogP contribution in [0, 0.1) is 5.92 Å². The minimum Gasteiger partial charge on any atom is -0.378 e. The normalized spacial score (nSPS) is 13.5. The second-order valence-corrected chi connectivity index (χ2v) is 11.8. The molecule has 0 bridgehead atoms. The quantitative estimate of drug-likeness (QED) is 0.0940. The van der Waals surface area contributed by atoms with Gasteiger partial charge in [-0.15, -0.1) is 0 Å². The smallest absolute Gasteiger partial charge is 0.220 e. The van der Waals surface area contributed by atoms with E-state index in [1.54, 1.807) is 0 Å². The van der Waals surface area contributed by atoms with Crippen LogP contribution in [0.15, 0.2) is 12.3 Å². The standard InChI is InChI=1S/C31H63N3O.C3H9N/c1-7-11-13-15-17-19-26-34(27-20-18-16-14-12-8-2)28-23-31(6,10-4)33-25-24-32-30(35)22-21-29(5)9-3;1-2-3-4/h23,28-29,33H,7-22,24-27H2,1-6H3,(H,32,35);2-4H2,1H3/b28-23+;. The lowest BCUT2D eigenvalue weighted by Crippen LogP contribution is -2.44. The van der Waals surface area contributed by atoms with Gasteiger partial charge in [0, 0.05) is 38.1 Å². The Morgan fingerprint density at radius 3 is 1.79 bits per heavy atom. The average Bonchev–Trinajstić information content (AvgIpc) is 2.95. The lowest BCUT2D eigenvalue weighted by Gasteiger charge is -2.28. The van der Waals surface area contributed by atoms with E-state index in [-0.39, 0.29) is 11.4 Å². The molecule has 234 valence electrons. The molecule has 2 unspecified atom stereocenters. The first kappa shape index (κ1) is 40.1. The van der Waals surface area contributed by atoms with Gasteiger partial charge in [-0.1, -0.05) is 112 Å². The molecule has 0 rings (SSSR count). The van der Waals surface area contributed by atoms with Gasteiger partial charge in [0.2, 0.25) is 5.91 Å². The molecule has 39 heavy (non-hydrogen) atoms. The molecule has 0 aromatic rings. The molecule has 0 heterocycles. The van der Waals surface area contributed by atoms with Crippen molar-refractivity contribution in [2.45, 2.75) is 163 Å². The summed E-state index contributed by atoms with van der Waals surface area (Å²) in [6.45, 7) is 20.2. The van der Waals surface area contributed by atoms with Gasteiger partial charge in [-0.05, 0) is 63.8 Å². The Labute approximate surface area is 245 Å². The molecule has 0 saturated carbocycles. The van der Waals surface area contributed by atoms with Crippen LogP contribution in [0.5, 0.6) is 0 Å². The van der Waals surface area contributed by atoms with Crippen LogP contribution in [0.1, 0.15) is 158 Å². The van der Waals surface area contributed by atoms with Crippen LogP contribution >= 0.6 is 0 Å². The number of nitrogens with one attached hydrogen (secondary N) is 2. The van der Waals surface area contributed by atoms with Gasteiger partial charge in [-0.2, -0.15) is 0 Å². The predicted octanol–water partition coefficient (Wildman–Crippen LogP) is 8.58. The summed E-state index contributed by atoms with van der Waals surface area (Å²) in [4.78, 5) is 14.6. The van der Waals surface area contributed by atoms with Crippen molar-refractivity contribution in [2.24, 2.45) is 11.7 Å². The van der Waals surface area contributed by atoms with Crippen molar-refractivity contribution >= 4 is 5.91 Å². The van der Waals surface area contributed by atoms with E-state index in [1.807, 2.05) is 0 Å². The Morgan fingerprint density at radius 2 is 1.33 bits per heavy atom. The first-order chi connectivity index (χ1) is 18.8. The van der Waals surface area contributed by atoms with E-state index in [9.17, 15) is 4.79 Å². The fourth-order valence-electron chi connectivity index (χ4n) is 4.24. The summed E-state index contributed by atoms with van der Waals surface area (Å²) in [6, 6.07) is 0. The molecule has 5 heteroatoms. The van der Waals surface area contributed by atoms with E-state index >= 15 is 0 Å². The van der Waals surface area contributed by atoms with E-state index in [0.29, 0.717) is 18.9 Å². The molecule has 1 amide bonds. The number of hydrogen-bond acceptors (Lipinski definition) is 4. The second kappa shape index (κ2) is 29.9. The molecule has 0 aliphatic rings. The van der Waals surface area contributed by atoms with Gasteiger partial charge in [0.1, 0.15) is 0 Å². The molecule has 0 aliphatic carbocycles. The first-order valence-corrected chi connectivity index (χ1v) is 17.0. The summed E-state index contributed by atoms with van der Waals surface area (Å²) in [7, 11) is 0. The van der Waals surface area contributed by atoms with E-state index in [0.717, 1.165) is 38.8 Å². The average molecular weight is 553 g/mol. The molecular weight excluding hydrogens is 480 g/mol. The van der Waals surface area contributed by atoms with Gasteiger partial charge in [-0.3, -0.25) is 4.79 Å². The molecule has 4 N–H and O–H groups in total. The fourth-order valence-corrected chi connectivity index (χ4v) is 4.24. The van der Waals surface area contributed by atoms with E-state index in [1.165, 1.54) is 90.1 Å². The first-order valence-electron chi connectivity index (χ1n) is 17.0. The molecule has 5 nitrogen and oxygen atoms in total. The van der Waals surface area contributed by atoms with Gasteiger partial charge in [0.25, 0.3) is 0 Å². The van der Waals surface area contributed by atoms with Crippen LogP contribution in [0.3, 0.4) is 0 Å². The minimum absolute atomic E-state index is 0.0397. The van der Waals surface area contributed by atoms with Gasteiger partial charge in [-0.25, -0.2) is 0 Å². The van der Waals surface area contributed by atoms with Crippen molar-refractivity contribution in [3.63, 3.8) is 0 Å². The fraction of sp³-hybridized carbons (Fsp3) is 0.912. The number of amides is 1. The maximum atomic E-state index is 12.1. The number of nitrogens with two attached hydrogens (primary N) is 1. The number of rotatable bonds is 26. The topological polar surface area (TPSA) is 70.4 Å². The van der Waals surface area contributed by atoms with Crippen molar-refractivity contribution in [1.82, 2.24) is 15.5 Å². The molecule has 0 aromatic carbocycles. The molecule has 0 radical (unpaired) electrons. The summed E-state index contributed by atoms with van der Waals surface area (Å²) in [5.74, 6) is 0.813. The summed E-state index contributed by atoms with van der Waals surface area (Å²) >= 11 is 0. The van der Waals surface area contributed by atoms with Crippen LogP contribution < -0.4 is 16.4 Å². The molecular formula is C34H72N4O. The zero-order valence-electron chi connectivity index (χ0n) is 27.7. The molecule has 0 spiro atoms. The van der Waals surface area contributed by atoms with Crippen molar-refractivity contribution in [2.75, 3.05) is 32.7 Å². The van der Waals surface area contributed by atoms with Crippen molar-refractivity contribution in [3.8, 4) is 0 Å². The zero-order valence-corrected chi connectivity index (χ0v) is 27.7. The third kappa shape index (κ3) is 28.3. The Balaban J connectivity index is 0. The SMILES string of the molecule is CCCCCCCCN(/C=C/C(C)(CC)NCCNC(=O)CCC(C)CC)CCCCCCCC.CCCN. The van der Waals surface area contributed by atoms with Crippen LogP contribution in [-0.2, 0) is 4.79 Å². The highest BCUT2D eigenvalue weighted by molar-refractivity contribution is 5.75. The largest absolute Gasteiger partial charge is 0.378 e. The Bertz CT molecular complexity index is 521. The van der Waals surface area contributed by atoms with Gasteiger partial charge >= 0.3 is 0 Å². The monoisotopic (exact) mass is 553 g/mol. The van der Waals surface area contributed by atoms with Crippen LogP contribution in [-0.4, -0.2) is 49.1 Å². The third-order valence-electron chi connectivity index (χ3n) is 7.81. The number of carbonyl (C=O) groups is 1. The summed E-state index contributed by atoms with van der Waals surface area (Å²) in [6.07, 6.45) is 25.8. The molecule has 0 aromatic heterocycles. The van der Waals surface area contributed by atoms with E-state index in [4.69, 9.17) is 5.73 Å². The number of carbonyl (C=O) groups excluding carboxylic acids is 1. The Morgan fingerprint density at radius 1 is 0.821 bits per heavy atom. The van der Waals surface area contributed by atoms with E-state index < -0.39 is 0 Å². The van der Waals surface area contributed by atoms with E-state index in [2.05, 4.69) is 76.3 Å². The van der Waals surface area contributed by atoms with Crippen molar-refractivity contribution < 1.29 is 4.79 Å². The molecule has 0 saturated heterocycles. The van der Waals surface area contributed by atoms with Gasteiger partial charge in [0.15, 0.2) is 0 Å². The molecule has 0 fully saturated rings. The van der Waals surface area contributed by atoms with Crippen molar-refractivity contribution in [3.05, 3.63) is 12.3 Å². The van der Waals surface area contributed by atoms with Crippen LogP contribution in [0.4, 0.5) is 0 Å². The molecule has 2 atom stereocenters. The summed E-state index contributed by atoms with van der Waals surface area (Å²) < 4.78 is 0. The zero-order chi connectivity index (χ0) is 29.6. The highest BCUT2D eigenvalue weighted by atomic mass is 16.1. The second-order valence-electron chi connectivity index (χ2n) is 11.8. The number of nitrogens with zero attached hydrogens (tertiary/aromatic N) is 1.